The summed E-state index contributed by atoms with van der Waals surface area (Å²) < 4.78 is 0. The molecule has 1 atom stereocenters. The van der Waals surface area contributed by atoms with Gasteiger partial charge < -0.3 is 15.7 Å². The average Bonchev–Trinajstić information content (AvgIpc) is 2.74. The third kappa shape index (κ3) is 4.44. The van der Waals surface area contributed by atoms with Crippen LogP contribution in [0.15, 0.2) is 12.1 Å². The lowest BCUT2D eigenvalue weighted by Gasteiger charge is -2.09. The van der Waals surface area contributed by atoms with Gasteiger partial charge in [0.2, 0.25) is 0 Å². The van der Waals surface area contributed by atoms with Crippen LogP contribution in [0.2, 0.25) is 0 Å². The molecule has 1 aromatic rings. The Labute approximate surface area is 104 Å². The highest BCUT2D eigenvalue weighted by Gasteiger charge is 2.13. The van der Waals surface area contributed by atoms with Gasteiger partial charge in [-0.2, -0.15) is 0 Å². The van der Waals surface area contributed by atoms with Gasteiger partial charge in [0.25, 0.3) is 0 Å². The number of hydrogen-bond acceptors (Lipinski definition) is 3. The number of urea groups is 1. The summed E-state index contributed by atoms with van der Waals surface area (Å²) in [5.41, 5.74) is 0. The topological polar surface area (TPSA) is 78.4 Å². The van der Waals surface area contributed by atoms with Crippen molar-refractivity contribution in [3.8, 4) is 0 Å². The molecule has 0 fully saturated rings. The van der Waals surface area contributed by atoms with Crippen LogP contribution in [-0.2, 0) is 17.8 Å². The number of carboxylic acid groups (broad SMARTS) is 1. The number of hydrogen-bond donors (Lipinski definition) is 3. The third-order valence-electron chi connectivity index (χ3n) is 2.21. The molecule has 1 heterocycles. The second kappa shape index (κ2) is 6.24. The molecule has 0 aliphatic rings. The minimum atomic E-state index is -1.05. The molecule has 0 saturated carbocycles. The van der Waals surface area contributed by atoms with Crippen molar-refractivity contribution in [3.05, 3.63) is 21.9 Å². The van der Waals surface area contributed by atoms with Gasteiger partial charge in [-0.25, -0.2) is 4.79 Å². The second-order valence-corrected chi connectivity index (χ2v) is 4.86. The number of rotatable bonds is 5. The van der Waals surface area contributed by atoms with E-state index in [2.05, 4.69) is 17.6 Å². The van der Waals surface area contributed by atoms with Gasteiger partial charge in [-0.1, -0.05) is 6.92 Å². The first-order chi connectivity index (χ1) is 8.02. The Morgan fingerprint density at radius 2 is 2.06 bits per heavy atom. The molecule has 0 aromatic carbocycles. The molecular formula is C11H16N2O3S. The molecule has 0 aliphatic carbocycles. The van der Waals surface area contributed by atoms with Gasteiger partial charge >= 0.3 is 12.0 Å². The summed E-state index contributed by atoms with van der Waals surface area (Å²) in [7, 11) is 0. The number of nitrogens with one attached hydrogen (secondary N) is 2. The predicted octanol–water partition coefficient (Wildman–Crippen LogP) is 1.58. The van der Waals surface area contributed by atoms with Crippen molar-refractivity contribution in [1.82, 2.24) is 10.6 Å². The van der Waals surface area contributed by atoms with E-state index in [-0.39, 0.29) is 0 Å². The number of amides is 2. The fraction of sp³-hybridized carbons (Fsp3) is 0.455. The summed E-state index contributed by atoms with van der Waals surface area (Å²) in [6.07, 6.45) is 0.979. The summed E-state index contributed by atoms with van der Waals surface area (Å²) in [4.78, 5) is 24.2. The quantitative estimate of drug-likeness (QED) is 0.748. The Hall–Kier alpha value is -1.56. The maximum absolute atomic E-state index is 11.3. The first kappa shape index (κ1) is 13.5. The van der Waals surface area contributed by atoms with Crippen LogP contribution in [0, 0.1) is 0 Å². The van der Waals surface area contributed by atoms with Gasteiger partial charge in [0.05, 0.1) is 6.54 Å². The number of carbonyl (C=O) groups is 2. The van der Waals surface area contributed by atoms with E-state index in [0.717, 1.165) is 11.3 Å². The number of aryl methyl sites for hydroxylation is 1. The fourth-order valence-electron chi connectivity index (χ4n) is 1.18. The van der Waals surface area contributed by atoms with E-state index >= 15 is 0 Å². The summed E-state index contributed by atoms with van der Waals surface area (Å²) in [5, 5.41) is 13.6. The molecule has 5 nitrogen and oxygen atoms in total. The maximum Gasteiger partial charge on any atom is 0.325 e. The van der Waals surface area contributed by atoms with E-state index in [9.17, 15) is 9.59 Å². The van der Waals surface area contributed by atoms with Crippen molar-refractivity contribution >= 4 is 23.3 Å². The summed E-state index contributed by atoms with van der Waals surface area (Å²) in [6, 6.07) is 2.64. The van der Waals surface area contributed by atoms with E-state index in [1.807, 2.05) is 12.1 Å². The number of aliphatic carboxylic acids is 1. The Bertz CT molecular complexity index is 403. The minimum absolute atomic E-state index is 0.419. The average molecular weight is 256 g/mol. The highest BCUT2D eigenvalue weighted by molar-refractivity contribution is 7.11. The van der Waals surface area contributed by atoms with Crippen molar-refractivity contribution in [2.75, 3.05) is 0 Å². The molecule has 6 heteroatoms. The lowest BCUT2D eigenvalue weighted by molar-refractivity contribution is -0.138. The van der Waals surface area contributed by atoms with Crippen LogP contribution < -0.4 is 10.6 Å². The van der Waals surface area contributed by atoms with Crippen molar-refractivity contribution < 1.29 is 14.7 Å². The van der Waals surface area contributed by atoms with Crippen LogP contribution in [0.1, 0.15) is 23.6 Å². The zero-order valence-corrected chi connectivity index (χ0v) is 10.6. The highest BCUT2D eigenvalue weighted by Crippen LogP contribution is 2.16. The number of carboxylic acids is 1. The Balaban J connectivity index is 2.35. The van der Waals surface area contributed by atoms with Crippen LogP contribution in [0.4, 0.5) is 4.79 Å². The van der Waals surface area contributed by atoms with E-state index in [4.69, 9.17) is 5.11 Å². The Kier molecular flexibility index (Phi) is 4.96. The van der Waals surface area contributed by atoms with Gasteiger partial charge in [-0.15, -0.1) is 11.3 Å². The second-order valence-electron chi connectivity index (χ2n) is 3.61. The number of carbonyl (C=O) groups excluding carboxylic acids is 1. The summed E-state index contributed by atoms with van der Waals surface area (Å²) >= 11 is 1.64. The lowest BCUT2D eigenvalue weighted by atomic mass is 10.3. The van der Waals surface area contributed by atoms with Gasteiger partial charge in [-0.05, 0) is 25.5 Å². The molecule has 17 heavy (non-hydrogen) atoms. The van der Waals surface area contributed by atoms with Crippen LogP contribution >= 0.6 is 11.3 Å². The molecule has 0 aliphatic heterocycles. The van der Waals surface area contributed by atoms with Crippen LogP contribution in [0.25, 0.3) is 0 Å². The third-order valence-corrected chi connectivity index (χ3v) is 3.44. The van der Waals surface area contributed by atoms with Gasteiger partial charge in [0, 0.05) is 9.75 Å². The first-order valence-electron chi connectivity index (χ1n) is 5.37. The Morgan fingerprint density at radius 3 is 2.59 bits per heavy atom. The molecule has 0 spiro atoms. The van der Waals surface area contributed by atoms with Gasteiger partial charge in [0.1, 0.15) is 6.04 Å². The SMILES string of the molecule is CCc1ccc(CNC(=O)N[C@H](C)C(=O)O)s1. The summed E-state index contributed by atoms with van der Waals surface area (Å²) in [5.74, 6) is -1.05. The zero-order chi connectivity index (χ0) is 12.8. The molecule has 0 bridgehead atoms. The van der Waals surface area contributed by atoms with Crippen molar-refractivity contribution in [2.24, 2.45) is 0 Å². The molecular weight excluding hydrogens is 240 g/mol. The smallest absolute Gasteiger partial charge is 0.325 e. The molecule has 0 radical (unpaired) electrons. The van der Waals surface area contributed by atoms with E-state index in [0.29, 0.717) is 6.54 Å². The lowest BCUT2D eigenvalue weighted by Crippen LogP contribution is -2.43. The van der Waals surface area contributed by atoms with Crippen LogP contribution in [-0.4, -0.2) is 23.1 Å². The van der Waals surface area contributed by atoms with Gasteiger partial charge in [0.15, 0.2) is 0 Å². The monoisotopic (exact) mass is 256 g/mol. The summed E-state index contributed by atoms with van der Waals surface area (Å²) in [6.45, 7) is 3.91. The van der Waals surface area contributed by atoms with Crippen molar-refractivity contribution in [1.29, 1.82) is 0 Å². The first-order valence-corrected chi connectivity index (χ1v) is 6.19. The van der Waals surface area contributed by atoms with E-state index in [1.54, 1.807) is 11.3 Å². The van der Waals surface area contributed by atoms with Gasteiger partial charge in [-0.3, -0.25) is 4.79 Å². The molecule has 2 amide bonds. The molecule has 0 unspecified atom stereocenters. The van der Waals surface area contributed by atoms with Crippen molar-refractivity contribution in [2.45, 2.75) is 32.9 Å². The minimum Gasteiger partial charge on any atom is -0.480 e. The van der Waals surface area contributed by atoms with Crippen LogP contribution in [0.5, 0.6) is 0 Å². The van der Waals surface area contributed by atoms with Crippen LogP contribution in [0.3, 0.4) is 0 Å². The van der Waals surface area contributed by atoms with E-state index in [1.165, 1.54) is 11.8 Å². The Morgan fingerprint density at radius 1 is 1.41 bits per heavy atom. The fourth-order valence-corrected chi connectivity index (χ4v) is 2.08. The number of thiophene rings is 1. The highest BCUT2D eigenvalue weighted by atomic mass is 32.1. The predicted molar refractivity (Wildman–Crippen MR) is 66.2 cm³/mol. The maximum atomic E-state index is 11.3. The molecule has 94 valence electrons. The molecule has 1 rings (SSSR count). The zero-order valence-electron chi connectivity index (χ0n) is 9.82. The van der Waals surface area contributed by atoms with Crippen molar-refractivity contribution in [3.63, 3.8) is 0 Å². The normalized spacial score (nSPS) is 11.9. The standard InChI is InChI=1S/C11H16N2O3S/c1-3-8-4-5-9(17-8)6-12-11(16)13-7(2)10(14)15/h4-5,7H,3,6H2,1-2H3,(H,14,15)(H2,12,13,16)/t7-/m1/s1. The molecule has 1 aromatic heterocycles. The van der Waals surface area contributed by atoms with E-state index < -0.39 is 18.0 Å². The largest absolute Gasteiger partial charge is 0.480 e. The molecule has 3 N–H and O–H groups in total. The molecule has 0 saturated heterocycles.